The summed E-state index contributed by atoms with van der Waals surface area (Å²) in [6.45, 7) is 13.6. The molecule has 1 N–H and O–H groups in total. The van der Waals surface area contributed by atoms with E-state index < -0.39 is 5.60 Å². The number of hydrogen-bond donors (Lipinski definition) is 1. The normalized spacial score (nSPS) is 45.0. The molecular weight excluding hydrogens is 260 g/mol. The van der Waals surface area contributed by atoms with Gasteiger partial charge in [0.25, 0.3) is 0 Å². The Kier molecular flexibility index (Phi) is 3.91. The highest BCUT2D eigenvalue weighted by atomic mass is 16.3. The zero-order valence-corrected chi connectivity index (χ0v) is 14.5. The molecule has 4 aliphatic rings. The zero-order valence-electron chi connectivity index (χ0n) is 14.5. The molecule has 4 aliphatic carbocycles. The molecule has 0 aromatic heterocycles. The molecule has 3 nitrogen and oxygen atoms in total. The van der Waals surface area contributed by atoms with Crippen LogP contribution in [0, 0.1) is 5.92 Å². The van der Waals surface area contributed by atoms with E-state index in [1.807, 2.05) is 0 Å². The second-order valence-corrected chi connectivity index (χ2v) is 8.03. The van der Waals surface area contributed by atoms with Gasteiger partial charge >= 0.3 is 0 Å². The summed E-state index contributed by atoms with van der Waals surface area (Å²) in [5, 5.41) is 11.3. The fourth-order valence-electron chi connectivity index (χ4n) is 6.78. The van der Waals surface area contributed by atoms with Crippen LogP contribution in [0.5, 0.6) is 0 Å². The molecule has 3 heteroatoms. The Hall–Kier alpha value is -0.120. The molecule has 0 heterocycles. The van der Waals surface area contributed by atoms with Crippen molar-refractivity contribution in [2.75, 3.05) is 26.2 Å². The Bertz CT molecular complexity index is 361. The topological polar surface area (TPSA) is 26.7 Å². The molecule has 4 rings (SSSR count). The van der Waals surface area contributed by atoms with Gasteiger partial charge in [-0.15, -0.1) is 0 Å². The van der Waals surface area contributed by atoms with Crippen molar-refractivity contribution in [2.24, 2.45) is 5.92 Å². The minimum Gasteiger partial charge on any atom is -0.390 e. The third kappa shape index (κ3) is 2.27. The molecule has 2 unspecified atom stereocenters. The Labute approximate surface area is 130 Å². The van der Waals surface area contributed by atoms with Crippen molar-refractivity contribution < 1.29 is 5.11 Å². The quantitative estimate of drug-likeness (QED) is 0.816. The van der Waals surface area contributed by atoms with Gasteiger partial charge in [-0.2, -0.15) is 0 Å². The standard InChI is InChI=1S/C18H34N2O/c1-5-19(6-2)16-9-15-10-17(12-16,20(7-3)8-4)14-18(21,11-15)13-16/h15,21H,5-14H2,1-4H3. The summed E-state index contributed by atoms with van der Waals surface area (Å²) in [4.78, 5) is 5.33. The van der Waals surface area contributed by atoms with Crippen molar-refractivity contribution in [3.8, 4) is 0 Å². The predicted octanol–water partition coefficient (Wildman–Crippen LogP) is 2.88. The Morgan fingerprint density at radius 2 is 1.19 bits per heavy atom. The van der Waals surface area contributed by atoms with Gasteiger partial charge in [0.15, 0.2) is 0 Å². The molecule has 4 fully saturated rings. The second kappa shape index (κ2) is 5.21. The molecule has 0 amide bonds. The van der Waals surface area contributed by atoms with Gasteiger partial charge in [0, 0.05) is 11.1 Å². The predicted molar refractivity (Wildman–Crippen MR) is 87.4 cm³/mol. The molecule has 0 aliphatic heterocycles. The average molecular weight is 294 g/mol. The van der Waals surface area contributed by atoms with Crippen LogP contribution in [-0.2, 0) is 0 Å². The Balaban J connectivity index is 1.99. The molecular formula is C18H34N2O. The smallest absolute Gasteiger partial charge is 0.0685 e. The van der Waals surface area contributed by atoms with Crippen LogP contribution in [0.4, 0.5) is 0 Å². The first kappa shape index (κ1) is 15.8. The van der Waals surface area contributed by atoms with Gasteiger partial charge in [0.2, 0.25) is 0 Å². The van der Waals surface area contributed by atoms with Crippen LogP contribution in [0.15, 0.2) is 0 Å². The van der Waals surface area contributed by atoms with Gasteiger partial charge in [-0.05, 0) is 70.6 Å². The highest BCUT2D eigenvalue weighted by Crippen LogP contribution is 2.62. The first-order valence-corrected chi connectivity index (χ1v) is 9.17. The van der Waals surface area contributed by atoms with Gasteiger partial charge < -0.3 is 5.11 Å². The Morgan fingerprint density at radius 1 is 0.762 bits per heavy atom. The van der Waals surface area contributed by atoms with E-state index in [9.17, 15) is 5.11 Å². The number of hydrogen-bond acceptors (Lipinski definition) is 3. The molecule has 0 radical (unpaired) electrons. The molecule has 122 valence electrons. The van der Waals surface area contributed by atoms with Gasteiger partial charge in [0.1, 0.15) is 0 Å². The first-order chi connectivity index (χ1) is 9.95. The molecule has 0 aromatic rings. The van der Waals surface area contributed by atoms with E-state index in [0.29, 0.717) is 0 Å². The summed E-state index contributed by atoms with van der Waals surface area (Å²) in [5.74, 6) is 0.729. The van der Waals surface area contributed by atoms with Crippen molar-refractivity contribution >= 4 is 0 Å². The fraction of sp³-hybridized carbons (Fsp3) is 1.00. The number of rotatable bonds is 6. The lowest BCUT2D eigenvalue weighted by atomic mass is 9.47. The van der Waals surface area contributed by atoms with E-state index in [1.54, 1.807) is 0 Å². The Morgan fingerprint density at radius 3 is 1.52 bits per heavy atom. The minimum atomic E-state index is -0.398. The van der Waals surface area contributed by atoms with Crippen LogP contribution < -0.4 is 0 Å². The van der Waals surface area contributed by atoms with E-state index in [1.165, 1.54) is 19.3 Å². The molecule has 0 spiro atoms. The molecule has 2 atom stereocenters. The maximum atomic E-state index is 11.3. The van der Waals surface area contributed by atoms with Crippen molar-refractivity contribution in [3.05, 3.63) is 0 Å². The van der Waals surface area contributed by atoms with E-state index in [2.05, 4.69) is 37.5 Å². The first-order valence-electron chi connectivity index (χ1n) is 9.17. The van der Waals surface area contributed by atoms with Crippen molar-refractivity contribution in [1.29, 1.82) is 0 Å². The van der Waals surface area contributed by atoms with Crippen LogP contribution in [0.25, 0.3) is 0 Å². The fourth-order valence-corrected chi connectivity index (χ4v) is 6.78. The third-order valence-corrected chi connectivity index (χ3v) is 6.85. The average Bonchev–Trinajstić information content (AvgIpc) is 2.37. The van der Waals surface area contributed by atoms with Gasteiger partial charge in [-0.3, -0.25) is 9.80 Å². The van der Waals surface area contributed by atoms with E-state index in [4.69, 9.17) is 0 Å². The zero-order chi connectivity index (χ0) is 15.3. The van der Waals surface area contributed by atoms with Crippen LogP contribution in [0.2, 0.25) is 0 Å². The van der Waals surface area contributed by atoms with E-state index in [0.717, 1.165) is 51.4 Å². The molecule has 0 aromatic carbocycles. The molecule has 4 saturated carbocycles. The molecule has 0 saturated heterocycles. The van der Waals surface area contributed by atoms with Crippen LogP contribution >= 0.6 is 0 Å². The van der Waals surface area contributed by atoms with Crippen LogP contribution in [0.3, 0.4) is 0 Å². The van der Waals surface area contributed by atoms with Crippen molar-refractivity contribution in [1.82, 2.24) is 9.80 Å². The van der Waals surface area contributed by atoms with Gasteiger partial charge in [-0.25, -0.2) is 0 Å². The van der Waals surface area contributed by atoms with Crippen LogP contribution in [0.1, 0.15) is 66.2 Å². The number of aliphatic hydroxyl groups is 1. The van der Waals surface area contributed by atoms with Crippen molar-refractivity contribution in [3.63, 3.8) is 0 Å². The van der Waals surface area contributed by atoms with E-state index in [-0.39, 0.29) is 11.1 Å². The summed E-state index contributed by atoms with van der Waals surface area (Å²) in [6, 6.07) is 0. The largest absolute Gasteiger partial charge is 0.390 e. The highest BCUT2D eigenvalue weighted by molar-refractivity contribution is 5.21. The van der Waals surface area contributed by atoms with Crippen molar-refractivity contribution in [2.45, 2.75) is 82.9 Å². The maximum absolute atomic E-state index is 11.3. The minimum absolute atomic E-state index is 0.264. The SMILES string of the molecule is CCN(CC)C12CC3CC(O)(C1)CC(N(CC)CC)(C3)C2. The number of nitrogens with zero attached hydrogens (tertiary/aromatic N) is 2. The third-order valence-electron chi connectivity index (χ3n) is 6.85. The lowest BCUT2D eigenvalue weighted by Gasteiger charge is -2.69. The highest BCUT2D eigenvalue weighted by Gasteiger charge is 2.65. The summed E-state index contributed by atoms with van der Waals surface area (Å²) in [7, 11) is 0. The molecule has 21 heavy (non-hydrogen) atoms. The second-order valence-electron chi connectivity index (χ2n) is 8.03. The van der Waals surface area contributed by atoms with E-state index >= 15 is 0 Å². The lowest BCUT2D eigenvalue weighted by molar-refractivity contribution is -0.214. The van der Waals surface area contributed by atoms with Crippen LogP contribution in [-0.4, -0.2) is 57.8 Å². The lowest BCUT2D eigenvalue weighted by Crippen LogP contribution is -2.74. The summed E-state index contributed by atoms with van der Waals surface area (Å²) in [6.07, 6.45) is 7.00. The maximum Gasteiger partial charge on any atom is 0.0685 e. The van der Waals surface area contributed by atoms with Gasteiger partial charge in [0.05, 0.1) is 5.60 Å². The summed E-state index contributed by atoms with van der Waals surface area (Å²) < 4.78 is 0. The molecule has 4 bridgehead atoms. The summed E-state index contributed by atoms with van der Waals surface area (Å²) in [5.41, 5.74) is 0.130. The van der Waals surface area contributed by atoms with Gasteiger partial charge in [-0.1, -0.05) is 27.7 Å². The summed E-state index contributed by atoms with van der Waals surface area (Å²) >= 11 is 0. The monoisotopic (exact) mass is 294 g/mol.